The van der Waals surface area contributed by atoms with Crippen LogP contribution in [0.2, 0.25) is 0 Å². The van der Waals surface area contributed by atoms with Crippen LogP contribution < -0.4 is 15.4 Å². The highest BCUT2D eigenvalue weighted by Gasteiger charge is 2.22. The first-order valence-corrected chi connectivity index (χ1v) is 9.97. The van der Waals surface area contributed by atoms with Crippen molar-refractivity contribution in [3.05, 3.63) is 59.2 Å². The van der Waals surface area contributed by atoms with Gasteiger partial charge in [0, 0.05) is 5.54 Å². The lowest BCUT2D eigenvalue weighted by Crippen LogP contribution is -2.41. The maximum absolute atomic E-state index is 12.8. The van der Waals surface area contributed by atoms with Crippen LogP contribution in [0.5, 0.6) is 5.75 Å². The van der Waals surface area contributed by atoms with E-state index in [0.717, 1.165) is 11.1 Å². The topological polar surface area (TPSA) is 67.4 Å². The molecule has 5 heteroatoms. The molecule has 0 aromatic heterocycles. The Kier molecular flexibility index (Phi) is 7.07. The van der Waals surface area contributed by atoms with Crippen LogP contribution in [0, 0.1) is 6.92 Å². The highest BCUT2D eigenvalue weighted by Crippen LogP contribution is 2.28. The first-order valence-electron chi connectivity index (χ1n) is 9.97. The van der Waals surface area contributed by atoms with Crippen molar-refractivity contribution in [3.8, 4) is 5.75 Å². The Balaban J connectivity index is 2.17. The summed E-state index contributed by atoms with van der Waals surface area (Å²) in [5.74, 6) is 0.448. The van der Waals surface area contributed by atoms with Gasteiger partial charge in [0.25, 0.3) is 11.8 Å². The Morgan fingerprint density at radius 2 is 1.66 bits per heavy atom. The molecule has 5 nitrogen and oxygen atoms in total. The first kappa shape index (κ1) is 22.5. The van der Waals surface area contributed by atoms with Gasteiger partial charge in [-0.05, 0) is 69.9 Å². The molecule has 0 unspecified atom stereocenters. The van der Waals surface area contributed by atoms with Crippen LogP contribution in [-0.2, 0) is 4.79 Å². The number of nitrogens with one attached hydrogen (secondary N) is 2. The van der Waals surface area contributed by atoms with E-state index in [9.17, 15) is 9.59 Å². The van der Waals surface area contributed by atoms with Gasteiger partial charge in [-0.3, -0.25) is 9.59 Å². The molecule has 0 radical (unpaired) electrons. The summed E-state index contributed by atoms with van der Waals surface area (Å²) in [5.41, 5.74) is 2.63. The Bertz CT molecular complexity index is 882. The van der Waals surface area contributed by atoms with Crippen molar-refractivity contribution >= 4 is 17.5 Å². The zero-order valence-corrected chi connectivity index (χ0v) is 18.4. The molecule has 0 heterocycles. The van der Waals surface area contributed by atoms with Crippen molar-refractivity contribution in [2.75, 3.05) is 5.32 Å². The van der Waals surface area contributed by atoms with Gasteiger partial charge in [0.1, 0.15) is 5.75 Å². The molecule has 156 valence electrons. The van der Waals surface area contributed by atoms with E-state index in [0.29, 0.717) is 17.0 Å². The van der Waals surface area contributed by atoms with E-state index in [-0.39, 0.29) is 23.3 Å². The highest BCUT2D eigenvalue weighted by molar-refractivity contribution is 6.04. The second-order valence-corrected chi connectivity index (χ2v) is 8.70. The maximum atomic E-state index is 12.8. The van der Waals surface area contributed by atoms with Gasteiger partial charge in [0.2, 0.25) is 0 Å². The van der Waals surface area contributed by atoms with E-state index in [2.05, 4.69) is 24.5 Å². The number of ether oxygens (including phenoxy) is 1. The minimum Gasteiger partial charge on any atom is -0.481 e. The standard InChI is InChI=1S/C24H32N2O3/c1-15(2)18-13-12-16(3)14-21(18)29-17(4)22(27)25-20-11-9-8-10-19(20)23(28)26-24(5,6)7/h8-15,17H,1-7H3,(H,25,27)(H,26,28)/t17-/m1/s1. The predicted octanol–water partition coefficient (Wildman–Crippen LogP) is 5.05. The fourth-order valence-corrected chi connectivity index (χ4v) is 2.90. The van der Waals surface area contributed by atoms with Gasteiger partial charge in [-0.15, -0.1) is 0 Å². The number of hydrogen-bond donors (Lipinski definition) is 2. The lowest BCUT2D eigenvalue weighted by molar-refractivity contribution is -0.122. The molecule has 2 aromatic rings. The van der Waals surface area contributed by atoms with Crippen molar-refractivity contribution in [2.24, 2.45) is 0 Å². The van der Waals surface area contributed by atoms with Crippen LogP contribution in [0.1, 0.15) is 68.9 Å². The lowest BCUT2D eigenvalue weighted by atomic mass is 10.0. The van der Waals surface area contributed by atoms with Crippen molar-refractivity contribution in [1.82, 2.24) is 5.32 Å². The molecular weight excluding hydrogens is 364 g/mol. The molecule has 0 aliphatic carbocycles. The van der Waals surface area contributed by atoms with Gasteiger partial charge in [0.15, 0.2) is 6.10 Å². The molecule has 2 rings (SSSR count). The SMILES string of the molecule is Cc1ccc(C(C)C)c(O[C@H](C)C(=O)Nc2ccccc2C(=O)NC(C)(C)C)c1. The molecule has 0 aliphatic heterocycles. The fourth-order valence-electron chi connectivity index (χ4n) is 2.90. The number of para-hydroxylation sites is 1. The molecule has 0 saturated carbocycles. The zero-order chi connectivity index (χ0) is 21.8. The minimum absolute atomic E-state index is 0.234. The van der Waals surface area contributed by atoms with E-state index in [4.69, 9.17) is 4.74 Å². The molecule has 1 atom stereocenters. The second-order valence-electron chi connectivity index (χ2n) is 8.70. The normalized spacial score (nSPS) is 12.4. The summed E-state index contributed by atoms with van der Waals surface area (Å²) in [7, 11) is 0. The largest absolute Gasteiger partial charge is 0.481 e. The van der Waals surface area contributed by atoms with Crippen LogP contribution in [-0.4, -0.2) is 23.5 Å². The monoisotopic (exact) mass is 396 g/mol. The summed E-state index contributed by atoms with van der Waals surface area (Å²) in [6, 6.07) is 13.0. The second kappa shape index (κ2) is 9.12. The maximum Gasteiger partial charge on any atom is 0.265 e. The van der Waals surface area contributed by atoms with E-state index in [1.54, 1.807) is 31.2 Å². The Morgan fingerprint density at radius 3 is 2.28 bits per heavy atom. The van der Waals surface area contributed by atoms with Crippen LogP contribution in [0.3, 0.4) is 0 Å². The number of hydrogen-bond acceptors (Lipinski definition) is 3. The fraction of sp³-hybridized carbons (Fsp3) is 0.417. The highest BCUT2D eigenvalue weighted by atomic mass is 16.5. The first-order chi connectivity index (χ1) is 13.5. The molecule has 0 spiro atoms. The molecule has 0 fully saturated rings. The zero-order valence-electron chi connectivity index (χ0n) is 18.4. The van der Waals surface area contributed by atoms with Crippen molar-refractivity contribution in [3.63, 3.8) is 0 Å². The Morgan fingerprint density at radius 1 is 1.00 bits per heavy atom. The van der Waals surface area contributed by atoms with E-state index in [1.165, 1.54) is 0 Å². The summed E-state index contributed by atoms with van der Waals surface area (Å²) in [6.45, 7) is 13.6. The van der Waals surface area contributed by atoms with Gasteiger partial charge in [-0.2, -0.15) is 0 Å². The van der Waals surface area contributed by atoms with E-state index in [1.807, 2.05) is 45.9 Å². The molecule has 2 amide bonds. The summed E-state index contributed by atoms with van der Waals surface area (Å²) in [5, 5.41) is 5.76. The van der Waals surface area contributed by atoms with Gasteiger partial charge >= 0.3 is 0 Å². The van der Waals surface area contributed by atoms with Gasteiger partial charge in [-0.1, -0.05) is 38.1 Å². The summed E-state index contributed by atoms with van der Waals surface area (Å²) >= 11 is 0. The summed E-state index contributed by atoms with van der Waals surface area (Å²) in [6.07, 6.45) is -0.715. The number of benzene rings is 2. The third-order valence-corrected chi connectivity index (χ3v) is 4.38. The predicted molar refractivity (Wildman–Crippen MR) is 118 cm³/mol. The van der Waals surface area contributed by atoms with Crippen LogP contribution in [0.15, 0.2) is 42.5 Å². The average Bonchev–Trinajstić information content (AvgIpc) is 2.60. The number of carbonyl (C=O) groups is 2. The molecule has 2 aromatic carbocycles. The van der Waals surface area contributed by atoms with Gasteiger partial charge in [-0.25, -0.2) is 0 Å². The lowest BCUT2D eigenvalue weighted by Gasteiger charge is -2.22. The summed E-state index contributed by atoms with van der Waals surface area (Å²) in [4.78, 5) is 25.4. The van der Waals surface area contributed by atoms with Gasteiger partial charge in [0.05, 0.1) is 11.3 Å². The number of rotatable bonds is 6. The molecular formula is C24H32N2O3. The van der Waals surface area contributed by atoms with Crippen molar-refractivity contribution in [1.29, 1.82) is 0 Å². The minimum atomic E-state index is -0.715. The number of aryl methyl sites for hydroxylation is 1. The van der Waals surface area contributed by atoms with Crippen LogP contribution >= 0.6 is 0 Å². The smallest absolute Gasteiger partial charge is 0.265 e. The van der Waals surface area contributed by atoms with Crippen molar-refractivity contribution < 1.29 is 14.3 Å². The number of amides is 2. The quantitative estimate of drug-likeness (QED) is 0.718. The molecule has 0 saturated heterocycles. The summed E-state index contributed by atoms with van der Waals surface area (Å²) < 4.78 is 5.99. The van der Waals surface area contributed by atoms with E-state index >= 15 is 0 Å². The molecule has 2 N–H and O–H groups in total. The van der Waals surface area contributed by atoms with Crippen LogP contribution in [0.25, 0.3) is 0 Å². The Labute approximate surface area is 173 Å². The molecule has 29 heavy (non-hydrogen) atoms. The Hall–Kier alpha value is -2.82. The number of anilines is 1. The van der Waals surface area contributed by atoms with Crippen molar-refractivity contribution in [2.45, 2.75) is 66.0 Å². The average molecular weight is 397 g/mol. The number of carbonyl (C=O) groups excluding carboxylic acids is 2. The van der Waals surface area contributed by atoms with Gasteiger partial charge < -0.3 is 15.4 Å². The molecule has 0 bridgehead atoms. The third kappa shape index (κ3) is 6.34. The third-order valence-electron chi connectivity index (χ3n) is 4.38. The van der Waals surface area contributed by atoms with E-state index < -0.39 is 6.10 Å². The van der Waals surface area contributed by atoms with Crippen LogP contribution in [0.4, 0.5) is 5.69 Å². The molecule has 0 aliphatic rings.